The Bertz CT molecular complexity index is 1330. The predicted molar refractivity (Wildman–Crippen MR) is 133 cm³/mol. The van der Waals surface area contributed by atoms with Crippen molar-refractivity contribution in [3.8, 4) is 22.6 Å². The van der Waals surface area contributed by atoms with Gasteiger partial charge in [-0.1, -0.05) is 66.7 Å². The van der Waals surface area contributed by atoms with E-state index in [1.807, 2.05) is 48.5 Å². The van der Waals surface area contributed by atoms with Gasteiger partial charge in [-0.2, -0.15) is 0 Å². The molecule has 0 saturated heterocycles. The van der Waals surface area contributed by atoms with Crippen molar-refractivity contribution in [3.63, 3.8) is 0 Å². The summed E-state index contributed by atoms with van der Waals surface area (Å²) in [6.07, 6.45) is 0. The van der Waals surface area contributed by atoms with Gasteiger partial charge in [0, 0.05) is 16.8 Å². The number of oxazole rings is 1. The average molecular weight is 419 g/mol. The molecular weight excluding hydrogens is 392 g/mol. The number of fused-ring (bicyclic) bond motifs is 1. The van der Waals surface area contributed by atoms with Gasteiger partial charge in [0.1, 0.15) is 5.52 Å². The molecule has 158 valence electrons. The fourth-order valence-corrected chi connectivity index (χ4v) is 4.14. The molecule has 0 aliphatic rings. The van der Waals surface area contributed by atoms with E-state index in [0.29, 0.717) is 5.89 Å². The monoisotopic (exact) mass is 418 g/mol. The summed E-state index contributed by atoms with van der Waals surface area (Å²) in [7, 11) is 0. The second kappa shape index (κ2) is 8.01. The summed E-state index contributed by atoms with van der Waals surface area (Å²) in [5.41, 5.74) is 7.01. The Morgan fingerprint density at radius 2 is 1.22 bits per heavy atom. The van der Waals surface area contributed by atoms with Gasteiger partial charge in [0.05, 0.1) is 5.69 Å². The first kappa shape index (κ1) is 20.1. The summed E-state index contributed by atoms with van der Waals surface area (Å²) in [6.45, 7) is 6.64. The van der Waals surface area contributed by atoms with Crippen LogP contribution in [-0.4, -0.2) is 10.5 Å². The molecule has 0 N–H and O–H groups in total. The molecule has 0 atom stereocenters. The van der Waals surface area contributed by atoms with E-state index in [9.17, 15) is 0 Å². The summed E-state index contributed by atoms with van der Waals surface area (Å²) in [5.74, 6) is 0.640. The van der Waals surface area contributed by atoms with Crippen molar-refractivity contribution in [2.75, 3.05) is 4.90 Å². The number of hydrogen-bond donors (Lipinski definition) is 0. The number of hydrogen-bond acceptors (Lipinski definition) is 3. The van der Waals surface area contributed by atoms with Gasteiger partial charge in [-0.15, -0.1) is 0 Å². The van der Waals surface area contributed by atoms with Gasteiger partial charge < -0.3 is 9.32 Å². The van der Waals surface area contributed by atoms with E-state index in [-0.39, 0.29) is 5.54 Å². The Labute approximate surface area is 189 Å². The van der Waals surface area contributed by atoms with Crippen LogP contribution in [-0.2, 0) is 0 Å². The van der Waals surface area contributed by atoms with E-state index < -0.39 is 0 Å². The lowest BCUT2D eigenvalue weighted by Crippen LogP contribution is -2.37. The second-order valence-corrected chi connectivity index (χ2v) is 8.93. The van der Waals surface area contributed by atoms with Crippen LogP contribution in [0.4, 0.5) is 11.4 Å². The Balaban J connectivity index is 1.61. The summed E-state index contributed by atoms with van der Waals surface area (Å²) < 4.78 is 6.32. The third-order valence-corrected chi connectivity index (χ3v) is 5.56. The molecule has 1 heterocycles. The molecule has 4 aromatic carbocycles. The summed E-state index contributed by atoms with van der Waals surface area (Å²) >= 11 is 0. The Hall–Kier alpha value is -3.85. The molecule has 5 rings (SSSR count). The molecule has 0 amide bonds. The second-order valence-electron chi connectivity index (χ2n) is 8.93. The van der Waals surface area contributed by atoms with Gasteiger partial charge >= 0.3 is 0 Å². The highest BCUT2D eigenvalue weighted by molar-refractivity contribution is 5.91. The standard InChI is InChI=1S/C29H26N2O/c1-29(2,3)31(24-19-17-22(18-20-24)21-11-6-4-7-12-21)26-16-10-15-25-27(26)32-28(30-25)23-13-8-5-9-14-23/h4-20H,1-3H3. The van der Waals surface area contributed by atoms with Crippen LogP contribution in [0.5, 0.6) is 0 Å². The number of nitrogens with zero attached hydrogens (tertiary/aromatic N) is 2. The molecule has 0 bridgehead atoms. The van der Waals surface area contributed by atoms with Crippen LogP contribution in [0.3, 0.4) is 0 Å². The van der Waals surface area contributed by atoms with Crippen molar-refractivity contribution in [1.82, 2.24) is 4.98 Å². The van der Waals surface area contributed by atoms with Gasteiger partial charge in [0.25, 0.3) is 0 Å². The molecule has 0 unspecified atom stereocenters. The summed E-state index contributed by atoms with van der Waals surface area (Å²) in [5, 5.41) is 0. The number of rotatable bonds is 4. The maximum Gasteiger partial charge on any atom is 0.227 e. The quantitative estimate of drug-likeness (QED) is 0.295. The van der Waals surface area contributed by atoms with Gasteiger partial charge in [-0.05, 0) is 68.3 Å². The fourth-order valence-electron chi connectivity index (χ4n) is 4.14. The number of aromatic nitrogens is 1. The highest BCUT2D eigenvalue weighted by Crippen LogP contribution is 2.39. The minimum atomic E-state index is -0.164. The summed E-state index contributed by atoms with van der Waals surface area (Å²) in [4.78, 5) is 7.09. The summed E-state index contributed by atoms with van der Waals surface area (Å²) in [6, 6.07) is 35.4. The van der Waals surface area contributed by atoms with Gasteiger partial charge in [-0.25, -0.2) is 4.98 Å². The molecule has 0 aliphatic heterocycles. The number of para-hydroxylation sites is 1. The lowest BCUT2D eigenvalue weighted by molar-refractivity contribution is 0.554. The normalized spacial score (nSPS) is 11.6. The molecular formula is C29H26N2O. The first-order valence-electron chi connectivity index (χ1n) is 10.9. The van der Waals surface area contributed by atoms with Gasteiger partial charge in [0.2, 0.25) is 5.89 Å². The Morgan fingerprint density at radius 3 is 1.84 bits per heavy atom. The van der Waals surface area contributed by atoms with Gasteiger partial charge in [0.15, 0.2) is 5.58 Å². The van der Waals surface area contributed by atoms with E-state index in [1.165, 1.54) is 11.1 Å². The third-order valence-electron chi connectivity index (χ3n) is 5.56. The molecule has 0 spiro atoms. The van der Waals surface area contributed by atoms with E-state index in [1.54, 1.807) is 0 Å². The van der Waals surface area contributed by atoms with E-state index >= 15 is 0 Å². The van der Waals surface area contributed by atoms with Crippen molar-refractivity contribution >= 4 is 22.5 Å². The highest BCUT2D eigenvalue weighted by atomic mass is 16.3. The van der Waals surface area contributed by atoms with Crippen molar-refractivity contribution in [2.24, 2.45) is 0 Å². The van der Waals surface area contributed by atoms with Crippen LogP contribution >= 0.6 is 0 Å². The van der Waals surface area contributed by atoms with Crippen molar-refractivity contribution < 1.29 is 4.42 Å². The third kappa shape index (κ3) is 3.78. The molecule has 0 aliphatic carbocycles. The van der Waals surface area contributed by atoms with Crippen LogP contribution in [0.25, 0.3) is 33.7 Å². The number of anilines is 2. The molecule has 0 fully saturated rings. The fraction of sp³-hybridized carbons (Fsp3) is 0.138. The lowest BCUT2D eigenvalue weighted by atomic mass is 10.0. The van der Waals surface area contributed by atoms with Crippen LogP contribution in [0.15, 0.2) is 108 Å². The largest absolute Gasteiger partial charge is 0.434 e. The lowest BCUT2D eigenvalue weighted by Gasteiger charge is -2.37. The molecule has 1 aromatic heterocycles. The van der Waals surface area contributed by atoms with Crippen LogP contribution < -0.4 is 4.90 Å². The molecule has 3 heteroatoms. The first-order chi connectivity index (χ1) is 15.5. The topological polar surface area (TPSA) is 29.3 Å². The highest BCUT2D eigenvalue weighted by Gasteiger charge is 2.27. The maximum atomic E-state index is 6.32. The van der Waals surface area contributed by atoms with E-state index in [2.05, 4.69) is 80.3 Å². The van der Waals surface area contributed by atoms with E-state index in [4.69, 9.17) is 9.40 Å². The zero-order valence-corrected chi connectivity index (χ0v) is 18.6. The minimum Gasteiger partial charge on any atom is -0.434 e. The van der Waals surface area contributed by atoms with E-state index in [0.717, 1.165) is 28.0 Å². The zero-order valence-electron chi connectivity index (χ0n) is 18.6. The predicted octanol–water partition coefficient (Wildman–Crippen LogP) is 8.10. The SMILES string of the molecule is CC(C)(C)N(c1ccc(-c2ccccc2)cc1)c1cccc2nc(-c3ccccc3)oc12. The maximum absolute atomic E-state index is 6.32. The molecule has 0 radical (unpaired) electrons. The smallest absolute Gasteiger partial charge is 0.227 e. The van der Waals surface area contributed by atoms with Crippen molar-refractivity contribution in [2.45, 2.75) is 26.3 Å². The number of benzene rings is 4. The average Bonchev–Trinajstić information content (AvgIpc) is 3.25. The van der Waals surface area contributed by atoms with Crippen molar-refractivity contribution in [1.29, 1.82) is 0 Å². The van der Waals surface area contributed by atoms with Crippen molar-refractivity contribution in [3.05, 3.63) is 103 Å². The zero-order chi connectivity index (χ0) is 22.1. The Morgan fingerprint density at radius 1 is 0.625 bits per heavy atom. The minimum absolute atomic E-state index is 0.164. The van der Waals surface area contributed by atoms with Gasteiger partial charge in [-0.3, -0.25) is 0 Å². The molecule has 3 nitrogen and oxygen atoms in total. The molecule has 5 aromatic rings. The van der Waals surface area contributed by atoms with Crippen LogP contribution in [0, 0.1) is 0 Å². The Kier molecular flexibility index (Phi) is 5.02. The molecule has 32 heavy (non-hydrogen) atoms. The van der Waals surface area contributed by atoms with Crippen LogP contribution in [0.1, 0.15) is 20.8 Å². The molecule has 0 saturated carbocycles. The first-order valence-corrected chi connectivity index (χ1v) is 10.9. The van der Waals surface area contributed by atoms with Crippen LogP contribution in [0.2, 0.25) is 0 Å².